The molecule has 0 saturated carbocycles. The van der Waals surface area contributed by atoms with Crippen molar-refractivity contribution in [2.24, 2.45) is 5.92 Å². The van der Waals surface area contributed by atoms with Gasteiger partial charge in [-0.2, -0.15) is 0 Å². The van der Waals surface area contributed by atoms with Gasteiger partial charge in [-0.05, 0) is 34.2 Å². The van der Waals surface area contributed by atoms with Crippen molar-refractivity contribution in [3.63, 3.8) is 0 Å². The van der Waals surface area contributed by atoms with Crippen molar-refractivity contribution in [1.82, 2.24) is 10.6 Å². The number of allylic oxidation sites excluding steroid dienone is 1. The molecule has 3 aromatic rings. The molecular formula is C29H31N3O3. The minimum absolute atomic E-state index is 0.00710. The Bertz CT molecular complexity index is 1260. The largest absolute Gasteiger partial charge is 0.348 e. The van der Waals surface area contributed by atoms with Gasteiger partial charge in [0.25, 0.3) is 0 Å². The number of fused-ring (bicyclic) bond motifs is 1. The Morgan fingerprint density at radius 1 is 0.914 bits per heavy atom. The summed E-state index contributed by atoms with van der Waals surface area (Å²) >= 11 is 0. The van der Waals surface area contributed by atoms with Crippen LogP contribution in [0.2, 0.25) is 0 Å². The van der Waals surface area contributed by atoms with Gasteiger partial charge in [-0.3, -0.25) is 14.4 Å². The number of hydrogen-bond acceptors (Lipinski definition) is 4. The van der Waals surface area contributed by atoms with Crippen molar-refractivity contribution in [1.29, 1.82) is 5.41 Å². The van der Waals surface area contributed by atoms with Crippen LogP contribution < -0.4 is 10.6 Å². The minimum Gasteiger partial charge on any atom is -0.348 e. The average molecular weight is 470 g/mol. The van der Waals surface area contributed by atoms with Gasteiger partial charge >= 0.3 is 11.8 Å². The molecule has 0 spiro atoms. The molecule has 6 nitrogen and oxygen atoms in total. The third-order valence-corrected chi connectivity index (χ3v) is 6.16. The lowest BCUT2D eigenvalue weighted by Gasteiger charge is -2.17. The van der Waals surface area contributed by atoms with Crippen molar-refractivity contribution in [2.45, 2.75) is 32.7 Å². The zero-order valence-electron chi connectivity index (χ0n) is 20.1. The van der Waals surface area contributed by atoms with E-state index in [-0.39, 0.29) is 18.2 Å². The number of nitrogens with one attached hydrogen (secondary N) is 3. The third-order valence-electron chi connectivity index (χ3n) is 6.16. The highest BCUT2D eigenvalue weighted by atomic mass is 16.2. The summed E-state index contributed by atoms with van der Waals surface area (Å²) in [7, 11) is 0. The molecule has 0 bridgehead atoms. The van der Waals surface area contributed by atoms with E-state index in [2.05, 4.69) is 17.2 Å². The van der Waals surface area contributed by atoms with E-state index in [4.69, 9.17) is 5.41 Å². The minimum atomic E-state index is -0.766. The van der Waals surface area contributed by atoms with Crippen LogP contribution in [0.1, 0.15) is 47.7 Å². The number of Topliss-reactive ketones (excluding diaryl/α,β-unsaturated/α-hetero) is 1. The van der Waals surface area contributed by atoms with Crippen LogP contribution in [-0.2, 0) is 16.1 Å². The molecule has 3 rings (SSSR count). The normalized spacial score (nSPS) is 12.4. The number of carbonyl (C=O) groups excluding carboxylic acids is 3. The standard InChI is InChI=1S/C29H31N3O3/c1-4-19(2)16-17-31-28(34)29(35)32-18-22-11-6-8-14-25(22)27(33)26(30)20(3)23-15-9-12-21-10-5-7-13-24(21)23/h4-15,19-20,30H,1,16-18H2,2-3H3,(H,31,34)(H,32,35)/t19?,20-/m1/s1. The molecule has 0 saturated heterocycles. The summed E-state index contributed by atoms with van der Waals surface area (Å²) < 4.78 is 0. The fraction of sp³-hybridized carbons (Fsp3) is 0.241. The summed E-state index contributed by atoms with van der Waals surface area (Å²) in [6.45, 7) is 7.91. The monoisotopic (exact) mass is 469 g/mol. The van der Waals surface area contributed by atoms with Gasteiger partial charge in [0, 0.05) is 24.6 Å². The molecule has 35 heavy (non-hydrogen) atoms. The van der Waals surface area contributed by atoms with Gasteiger partial charge in [0.1, 0.15) is 0 Å². The zero-order valence-corrected chi connectivity index (χ0v) is 20.1. The summed E-state index contributed by atoms with van der Waals surface area (Å²) in [6.07, 6.45) is 2.48. The molecule has 2 amide bonds. The van der Waals surface area contributed by atoms with Crippen LogP contribution in [0.5, 0.6) is 0 Å². The molecule has 0 aliphatic rings. The molecule has 6 heteroatoms. The van der Waals surface area contributed by atoms with Gasteiger partial charge in [-0.25, -0.2) is 0 Å². The molecule has 180 valence electrons. The van der Waals surface area contributed by atoms with E-state index < -0.39 is 23.5 Å². The van der Waals surface area contributed by atoms with Crippen molar-refractivity contribution < 1.29 is 14.4 Å². The van der Waals surface area contributed by atoms with Crippen LogP contribution in [0.25, 0.3) is 10.8 Å². The van der Waals surface area contributed by atoms with E-state index >= 15 is 0 Å². The molecule has 2 atom stereocenters. The van der Waals surface area contributed by atoms with Crippen LogP contribution in [0, 0.1) is 11.3 Å². The Kier molecular flexibility index (Phi) is 8.68. The molecule has 0 radical (unpaired) electrons. The smallest absolute Gasteiger partial charge is 0.309 e. The quantitative estimate of drug-likeness (QED) is 0.172. The molecule has 0 aromatic heterocycles. The van der Waals surface area contributed by atoms with E-state index in [9.17, 15) is 14.4 Å². The SMILES string of the molecule is C=CC(C)CCNC(=O)C(=O)NCc1ccccc1C(=O)C(=N)[C@H](C)c1cccc2ccccc12. The zero-order chi connectivity index (χ0) is 25.4. The Balaban J connectivity index is 1.69. The van der Waals surface area contributed by atoms with Crippen LogP contribution in [0.4, 0.5) is 0 Å². The molecule has 0 aliphatic carbocycles. The molecular weight excluding hydrogens is 438 g/mol. The number of carbonyl (C=O) groups is 3. The van der Waals surface area contributed by atoms with Crippen LogP contribution in [-0.4, -0.2) is 29.9 Å². The van der Waals surface area contributed by atoms with Crippen molar-refractivity contribution in [2.75, 3.05) is 6.54 Å². The van der Waals surface area contributed by atoms with Gasteiger partial charge in [-0.1, -0.05) is 86.7 Å². The summed E-state index contributed by atoms with van der Waals surface area (Å²) in [5.41, 5.74) is 1.77. The Morgan fingerprint density at radius 3 is 2.34 bits per heavy atom. The van der Waals surface area contributed by atoms with Gasteiger partial charge in [0.15, 0.2) is 0 Å². The highest BCUT2D eigenvalue weighted by molar-refractivity contribution is 6.47. The lowest BCUT2D eigenvalue weighted by atomic mass is 9.87. The Hall–Kier alpha value is -4.06. The molecule has 1 unspecified atom stereocenters. The van der Waals surface area contributed by atoms with Crippen molar-refractivity contribution in [3.8, 4) is 0 Å². The molecule has 0 aliphatic heterocycles. The third kappa shape index (κ3) is 6.29. The van der Waals surface area contributed by atoms with Crippen LogP contribution in [0.15, 0.2) is 79.4 Å². The second kappa shape index (κ2) is 11.9. The predicted molar refractivity (Wildman–Crippen MR) is 140 cm³/mol. The summed E-state index contributed by atoms with van der Waals surface area (Å²) in [6, 6.07) is 20.6. The summed E-state index contributed by atoms with van der Waals surface area (Å²) in [5.74, 6) is -2.07. The van der Waals surface area contributed by atoms with E-state index in [1.807, 2.05) is 56.3 Å². The maximum Gasteiger partial charge on any atom is 0.309 e. The molecule has 3 N–H and O–H groups in total. The van der Waals surface area contributed by atoms with E-state index in [0.29, 0.717) is 24.1 Å². The molecule has 0 fully saturated rings. The average Bonchev–Trinajstić information content (AvgIpc) is 2.90. The lowest BCUT2D eigenvalue weighted by Crippen LogP contribution is -2.40. The number of rotatable bonds is 10. The maximum atomic E-state index is 13.3. The first-order valence-electron chi connectivity index (χ1n) is 11.7. The second-order valence-corrected chi connectivity index (χ2v) is 8.63. The van der Waals surface area contributed by atoms with E-state index in [0.717, 1.165) is 16.3 Å². The molecule has 0 heterocycles. The first-order valence-corrected chi connectivity index (χ1v) is 11.7. The lowest BCUT2D eigenvalue weighted by molar-refractivity contribution is -0.139. The first kappa shape index (κ1) is 25.6. The van der Waals surface area contributed by atoms with Gasteiger partial charge in [0.05, 0.1) is 5.71 Å². The Labute approximate surface area is 205 Å². The summed E-state index contributed by atoms with van der Waals surface area (Å²) in [5, 5.41) is 15.9. The fourth-order valence-corrected chi connectivity index (χ4v) is 3.89. The maximum absolute atomic E-state index is 13.3. The van der Waals surface area contributed by atoms with Crippen molar-refractivity contribution >= 4 is 34.1 Å². The summed E-state index contributed by atoms with van der Waals surface area (Å²) in [4.78, 5) is 37.6. The number of ketones is 1. The van der Waals surface area contributed by atoms with Crippen LogP contribution >= 0.6 is 0 Å². The van der Waals surface area contributed by atoms with Crippen LogP contribution in [0.3, 0.4) is 0 Å². The number of hydrogen-bond donors (Lipinski definition) is 3. The number of benzene rings is 3. The topological polar surface area (TPSA) is 99.1 Å². The Morgan fingerprint density at radius 2 is 1.57 bits per heavy atom. The predicted octanol–water partition coefficient (Wildman–Crippen LogP) is 4.79. The fourth-order valence-electron chi connectivity index (χ4n) is 3.89. The highest BCUT2D eigenvalue weighted by Gasteiger charge is 2.24. The number of amides is 2. The molecule has 3 aromatic carbocycles. The second-order valence-electron chi connectivity index (χ2n) is 8.63. The van der Waals surface area contributed by atoms with E-state index in [1.165, 1.54) is 0 Å². The van der Waals surface area contributed by atoms with Gasteiger partial charge in [0.2, 0.25) is 5.78 Å². The first-order chi connectivity index (χ1) is 16.8. The van der Waals surface area contributed by atoms with Gasteiger partial charge < -0.3 is 16.0 Å². The highest BCUT2D eigenvalue weighted by Crippen LogP contribution is 2.27. The van der Waals surface area contributed by atoms with Crippen molar-refractivity contribution in [3.05, 3.63) is 96.1 Å². The van der Waals surface area contributed by atoms with E-state index in [1.54, 1.807) is 30.3 Å². The van der Waals surface area contributed by atoms with Gasteiger partial charge in [-0.15, -0.1) is 6.58 Å².